The van der Waals surface area contributed by atoms with E-state index in [-0.39, 0.29) is 29.4 Å². The molecule has 7 nitrogen and oxygen atoms in total. The lowest BCUT2D eigenvalue weighted by atomic mass is 10.2. The number of thioether (sulfide) groups is 1. The van der Waals surface area contributed by atoms with Crippen LogP contribution in [0.15, 0.2) is 41.9 Å². The van der Waals surface area contributed by atoms with Gasteiger partial charge < -0.3 is 5.32 Å². The van der Waals surface area contributed by atoms with Crippen molar-refractivity contribution in [1.29, 1.82) is 0 Å². The molecule has 1 aromatic carbocycles. The van der Waals surface area contributed by atoms with Crippen molar-refractivity contribution in [2.24, 2.45) is 0 Å². The Morgan fingerprint density at radius 2 is 2.07 bits per heavy atom. The number of nitrogens with one attached hydrogen (secondary N) is 1. The molecule has 28 heavy (non-hydrogen) atoms. The van der Waals surface area contributed by atoms with Gasteiger partial charge in [0, 0.05) is 23.3 Å². The highest BCUT2D eigenvalue weighted by atomic mass is 35.5. The van der Waals surface area contributed by atoms with Gasteiger partial charge in [0.2, 0.25) is 11.8 Å². The van der Waals surface area contributed by atoms with Crippen molar-refractivity contribution in [1.82, 2.24) is 14.3 Å². The maximum Gasteiger partial charge on any atom is 0.289 e. The van der Waals surface area contributed by atoms with E-state index in [4.69, 9.17) is 11.6 Å². The summed E-state index contributed by atoms with van der Waals surface area (Å²) >= 11 is 8.57. The number of imide groups is 1. The van der Waals surface area contributed by atoms with Crippen LogP contribution < -0.4 is 5.32 Å². The Morgan fingerprint density at radius 1 is 1.29 bits per heavy atom. The van der Waals surface area contributed by atoms with Crippen LogP contribution in [0.5, 0.6) is 0 Å². The monoisotopic (exact) mass is 432 g/mol. The highest BCUT2D eigenvalue weighted by molar-refractivity contribution is 8.14. The Morgan fingerprint density at radius 3 is 2.79 bits per heavy atom. The van der Waals surface area contributed by atoms with Crippen LogP contribution in [0.4, 0.5) is 10.5 Å². The average Bonchev–Trinajstić information content (AvgIpc) is 3.32. The molecule has 10 heteroatoms. The van der Waals surface area contributed by atoms with Crippen molar-refractivity contribution < 1.29 is 14.4 Å². The van der Waals surface area contributed by atoms with Crippen molar-refractivity contribution in [2.45, 2.75) is 6.54 Å². The van der Waals surface area contributed by atoms with E-state index in [1.807, 2.05) is 16.0 Å². The molecule has 1 saturated heterocycles. The van der Waals surface area contributed by atoms with E-state index in [1.165, 1.54) is 22.3 Å². The van der Waals surface area contributed by atoms with Gasteiger partial charge in [-0.05, 0) is 23.8 Å². The summed E-state index contributed by atoms with van der Waals surface area (Å²) < 4.78 is 1.81. The van der Waals surface area contributed by atoms with Gasteiger partial charge in [0.05, 0.1) is 18.0 Å². The van der Waals surface area contributed by atoms with Gasteiger partial charge in [0.25, 0.3) is 5.24 Å². The van der Waals surface area contributed by atoms with E-state index in [0.29, 0.717) is 16.5 Å². The van der Waals surface area contributed by atoms with Crippen molar-refractivity contribution in [3.8, 4) is 0 Å². The summed E-state index contributed by atoms with van der Waals surface area (Å²) in [5.74, 6) is -0.302. The number of amides is 3. The van der Waals surface area contributed by atoms with Crippen LogP contribution in [0, 0.1) is 0 Å². The normalized spacial score (nSPS) is 14.5. The van der Waals surface area contributed by atoms with Crippen LogP contribution in [0.25, 0.3) is 11.0 Å². The number of benzene rings is 1. The van der Waals surface area contributed by atoms with Gasteiger partial charge in [0.15, 0.2) is 10.1 Å². The molecule has 1 N–H and O–H groups in total. The molecule has 1 aliphatic rings. The predicted molar refractivity (Wildman–Crippen MR) is 111 cm³/mol. The van der Waals surface area contributed by atoms with Crippen molar-refractivity contribution >= 4 is 68.5 Å². The third kappa shape index (κ3) is 3.82. The smallest absolute Gasteiger partial charge is 0.289 e. The number of rotatable bonds is 5. The largest absolute Gasteiger partial charge is 0.323 e. The van der Waals surface area contributed by atoms with Gasteiger partial charge in [-0.1, -0.05) is 35.5 Å². The van der Waals surface area contributed by atoms with E-state index in [0.717, 1.165) is 22.3 Å². The molecule has 0 spiro atoms. The Labute approximate surface area is 173 Å². The van der Waals surface area contributed by atoms with Crippen molar-refractivity contribution in [3.05, 3.63) is 58.3 Å². The number of anilines is 1. The Balaban J connectivity index is 1.39. The molecule has 0 radical (unpaired) electrons. The molecule has 3 amide bonds. The van der Waals surface area contributed by atoms with Gasteiger partial charge >= 0.3 is 0 Å². The number of carbonyl (C=O) groups is 3. The first kappa shape index (κ1) is 18.7. The SMILES string of the molecule is O=C(/C=C/c1c(Cl)nc2sccn12)Nc1ccc(CN2C(=O)CSC2=O)cc1. The summed E-state index contributed by atoms with van der Waals surface area (Å²) in [4.78, 5) is 41.7. The zero-order valence-corrected chi connectivity index (χ0v) is 16.7. The average molecular weight is 433 g/mol. The van der Waals surface area contributed by atoms with Crippen LogP contribution >= 0.6 is 34.7 Å². The number of hydrogen-bond acceptors (Lipinski definition) is 6. The zero-order valence-electron chi connectivity index (χ0n) is 14.3. The Bertz CT molecular complexity index is 1090. The zero-order chi connectivity index (χ0) is 19.7. The fourth-order valence-corrected chi connectivity index (χ4v) is 4.40. The highest BCUT2D eigenvalue weighted by Crippen LogP contribution is 2.23. The number of nitrogens with zero attached hydrogens (tertiary/aromatic N) is 3. The second kappa shape index (κ2) is 7.78. The maximum atomic E-state index is 12.2. The summed E-state index contributed by atoms with van der Waals surface area (Å²) in [6, 6.07) is 6.99. The van der Waals surface area contributed by atoms with Crippen LogP contribution in [0.1, 0.15) is 11.3 Å². The van der Waals surface area contributed by atoms with Crippen LogP contribution in [0.2, 0.25) is 5.15 Å². The van der Waals surface area contributed by atoms with E-state index < -0.39 is 0 Å². The minimum Gasteiger partial charge on any atom is -0.323 e. The molecule has 0 bridgehead atoms. The number of imidazole rings is 1. The summed E-state index contributed by atoms with van der Waals surface area (Å²) in [5.41, 5.74) is 2.05. The number of thiazole rings is 1. The lowest BCUT2D eigenvalue weighted by Gasteiger charge is -2.13. The summed E-state index contributed by atoms with van der Waals surface area (Å²) in [7, 11) is 0. The highest BCUT2D eigenvalue weighted by Gasteiger charge is 2.29. The van der Waals surface area contributed by atoms with Crippen molar-refractivity contribution in [2.75, 3.05) is 11.1 Å². The first-order chi connectivity index (χ1) is 13.5. The lowest BCUT2D eigenvalue weighted by molar-refractivity contribution is -0.125. The second-order valence-electron chi connectivity index (χ2n) is 5.90. The quantitative estimate of drug-likeness (QED) is 0.618. The lowest BCUT2D eigenvalue weighted by Crippen LogP contribution is -2.27. The summed E-state index contributed by atoms with van der Waals surface area (Å²) in [6.45, 7) is 0.231. The van der Waals surface area contributed by atoms with E-state index >= 15 is 0 Å². The molecule has 142 valence electrons. The molecule has 3 heterocycles. The van der Waals surface area contributed by atoms with Crippen LogP contribution in [0.3, 0.4) is 0 Å². The molecule has 0 unspecified atom stereocenters. The van der Waals surface area contributed by atoms with Gasteiger partial charge in [-0.2, -0.15) is 0 Å². The number of aromatic nitrogens is 2. The summed E-state index contributed by atoms with van der Waals surface area (Å²) in [5, 5.41) is 4.75. The molecule has 3 aromatic rings. The Kier molecular flexibility index (Phi) is 5.21. The first-order valence-corrected chi connectivity index (χ1v) is 10.4. The van der Waals surface area contributed by atoms with E-state index in [1.54, 1.807) is 30.3 Å². The second-order valence-corrected chi connectivity index (χ2v) is 8.06. The standard InChI is InChI=1S/C18H13ClN4O3S2/c19-16-13(22-7-8-27-17(22)21-16)5-6-14(24)20-12-3-1-11(2-4-12)9-23-15(25)10-28-18(23)26/h1-8H,9-10H2,(H,20,24)/b6-5+. The molecular weight excluding hydrogens is 420 g/mol. The number of halogens is 1. The van der Waals surface area contributed by atoms with Gasteiger partial charge in [-0.3, -0.25) is 23.7 Å². The number of fused-ring (bicyclic) bond motifs is 1. The summed E-state index contributed by atoms with van der Waals surface area (Å²) in [6.07, 6.45) is 4.84. The molecule has 2 aromatic heterocycles. The molecule has 0 aliphatic carbocycles. The molecule has 4 rings (SSSR count). The van der Waals surface area contributed by atoms with Gasteiger partial charge in [-0.25, -0.2) is 4.98 Å². The van der Waals surface area contributed by atoms with Crippen molar-refractivity contribution in [3.63, 3.8) is 0 Å². The minimum atomic E-state index is -0.310. The maximum absolute atomic E-state index is 12.2. The molecule has 1 fully saturated rings. The van der Waals surface area contributed by atoms with Gasteiger partial charge in [0.1, 0.15) is 0 Å². The Hall–Kier alpha value is -2.62. The van der Waals surface area contributed by atoms with Crippen LogP contribution in [-0.2, 0) is 16.1 Å². The minimum absolute atomic E-state index is 0.184. The third-order valence-electron chi connectivity index (χ3n) is 4.05. The topological polar surface area (TPSA) is 83.8 Å². The van der Waals surface area contributed by atoms with Gasteiger partial charge in [-0.15, -0.1) is 11.3 Å². The number of carbonyl (C=O) groups excluding carboxylic acids is 3. The molecule has 0 atom stereocenters. The third-order valence-corrected chi connectivity index (χ3v) is 5.94. The fraction of sp³-hybridized carbons (Fsp3) is 0.111. The van der Waals surface area contributed by atoms with E-state index in [2.05, 4.69) is 10.3 Å². The first-order valence-electron chi connectivity index (χ1n) is 8.17. The predicted octanol–water partition coefficient (Wildman–Crippen LogP) is 3.90. The number of hydrogen-bond donors (Lipinski definition) is 1. The van der Waals surface area contributed by atoms with E-state index in [9.17, 15) is 14.4 Å². The van der Waals surface area contributed by atoms with Crippen LogP contribution in [-0.4, -0.2) is 37.1 Å². The molecular formula is C18H13ClN4O3S2. The fourth-order valence-electron chi connectivity index (χ4n) is 2.67. The molecule has 1 aliphatic heterocycles. The molecule has 0 saturated carbocycles.